The van der Waals surface area contributed by atoms with Crippen LogP contribution in [0.15, 0.2) is 24.3 Å². The topological polar surface area (TPSA) is 24.5 Å². The summed E-state index contributed by atoms with van der Waals surface area (Å²) in [5.74, 6) is 3.20. The molecule has 2 heterocycles. The van der Waals surface area contributed by atoms with Gasteiger partial charge in [-0.05, 0) is 86.7 Å². The minimum absolute atomic E-state index is 0.0407. The molecule has 0 radical (unpaired) electrons. The van der Waals surface area contributed by atoms with Crippen LogP contribution in [0, 0.1) is 17.8 Å². The van der Waals surface area contributed by atoms with E-state index in [9.17, 15) is 0 Å². The number of hydrogen-bond donors (Lipinski definition) is 1. The molecule has 2 aliphatic heterocycles. The van der Waals surface area contributed by atoms with E-state index in [1.165, 1.54) is 89.0 Å². The van der Waals surface area contributed by atoms with Crippen molar-refractivity contribution in [2.75, 3.05) is 6.61 Å². The maximum absolute atomic E-state index is 6.61. The molecule has 2 fully saturated rings. The Morgan fingerprint density at radius 2 is 1.17 bits per heavy atom. The Morgan fingerprint density at radius 1 is 0.690 bits per heavy atom. The molecular formula is C39H70N2O. The number of rotatable bonds is 17. The Bertz CT molecular complexity index is 844. The third-order valence-electron chi connectivity index (χ3n) is 10.7. The van der Waals surface area contributed by atoms with E-state index in [0.29, 0.717) is 47.7 Å². The molecule has 0 spiro atoms. The van der Waals surface area contributed by atoms with Crippen LogP contribution < -0.4 is 5.32 Å². The zero-order valence-corrected chi connectivity index (χ0v) is 29.4. The third-order valence-corrected chi connectivity index (χ3v) is 10.7. The van der Waals surface area contributed by atoms with Crippen molar-refractivity contribution in [1.82, 2.24) is 10.4 Å². The number of hydroxylamine groups is 2. The summed E-state index contributed by atoms with van der Waals surface area (Å²) in [7, 11) is 0. The van der Waals surface area contributed by atoms with Crippen LogP contribution in [0.5, 0.6) is 0 Å². The predicted molar refractivity (Wildman–Crippen MR) is 183 cm³/mol. The first-order chi connectivity index (χ1) is 20.0. The summed E-state index contributed by atoms with van der Waals surface area (Å²) in [6, 6.07) is 11.6. The number of nitrogens with one attached hydrogen (secondary N) is 1. The summed E-state index contributed by atoms with van der Waals surface area (Å²) in [4.78, 5) is 6.61. The quantitative estimate of drug-likeness (QED) is 0.185. The molecule has 1 aromatic carbocycles. The van der Waals surface area contributed by atoms with E-state index in [4.69, 9.17) is 4.84 Å². The lowest BCUT2D eigenvalue weighted by Gasteiger charge is -2.51. The van der Waals surface area contributed by atoms with Crippen LogP contribution in [0.3, 0.4) is 0 Å². The first-order valence-corrected chi connectivity index (χ1v) is 18.3. The molecular weight excluding hydrogens is 512 g/mol. The zero-order chi connectivity index (χ0) is 30.7. The lowest BCUT2D eigenvalue weighted by molar-refractivity contribution is -0.264. The Hall–Kier alpha value is -0.900. The monoisotopic (exact) mass is 583 g/mol. The van der Waals surface area contributed by atoms with Crippen LogP contribution in [0.25, 0.3) is 0 Å². The minimum Gasteiger partial charge on any atom is -0.311 e. The van der Waals surface area contributed by atoms with Gasteiger partial charge < -0.3 is 5.32 Å². The van der Waals surface area contributed by atoms with Gasteiger partial charge in [0.25, 0.3) is 0 Å². The third kappa shape index (κ3) is 10.6. The molecule has 0 amide bonds. The summed E-state index contributed by atoms with van der Waals surface area (Å²) in [5.41, 5.74) is 3.12. The highest BCUT2D eigenvalue weighted by molar-refractivity contribution is 5.30. The molecule has 3 nitrogen and oxygen atoms in total. The van der Waals surface area contributed by atoms with Crippen LogP contribution in [0.4, 0.5) is 0 Å². The van der Waals surface area contributed by atoms with Crippen molar-refractivity contribution in [1.29, 1.82) is 0 Å². The average molecular weight is 583 g/mol. The van der Waals surface area contributed by atoms with Crippen molar-refractivity contribution in [3.05, 3.63) is 35.4 Å². The number of hydrogen-bond acceptors (Lipinski definition) is 3. The Morgan fingerprint density at radius 3 is 1.64 bits per heavy atom. The summed E-state index contributed by atoms with van der Waals surface area (Å²) in [5, 5.41) is 6.38. The summed E-state index contributed by atoms with van der Waals surface area (Å²) < 4.78 is 0. The lowest BCUT2D eigenvalue weighted by atomic mass is 9.74. The van der Waals surface area contributed by atoms with Crippen LogP contribution in [-0.4, -0.2) is 35.3 Å². The van der Waals surface area contributed by atoms with E-state index >= 15 is 0 Å². The fourth-order valence-electron chi connectivity index (χ4n) is 7.79. The largest absolute Gasteiger partial charge is 0.311 e. The van der Waals surface area contributed by atoms with E-state index in [-0.39, 0.29) is 5.54 Å². The number of benzene rings is 1. The molecule has 0 aliphatic carbocycles. The highest BCUT2D eigenvalue weighted by Gasteiger charge is 2.43. The standard InChI is InChI=1S/C39H70N2O/c1-10-11-12-13-14-15-16-17-18-19-24-42-41-38(31(6)7)27-35(28-39(41,8)9)33-22-20-32(21-23-33)34-25-36(29(2)3)40-37(26-34)30(4)5/h20-23,29-31,34-38,40H,10-19,24-28H2,1-9H3. The Balaban J connectivity index is 1.52. The van der Waals surface area contributed by atoms with E-state index in [2.05, 4.69) is 97.0 Å². The fraction of sp³-hybridized carbons (Fsp3) is 0.846. The molecule has 3 rings (SSSR count). The number of piperidine rings is 2. The highest BCUT2D eigenvalue weighted by atomic mass is 16.7. The summed E-state index contributed by atoms with van der Waals surface area (Å²) in [6.07, 6.45) is 18.6. The molecule has 42 heavy (non-hydrogen) atoms. The lowest BCUT2D eigenvalue weighted by Crippen LogP contribution is -2.56. The van der Waals surface area contributed by atoms with Gasteiger partial charge in [0, 0.05) is 23.7 Å². The van der Waals surface area contributed by atoms with Crippen molar-refractivity contribution in [2.45, 2.75) is 188 Å². The van der Waals surface area contributed by atoms with E-state index in [1.807, 2.05) is 0 Å². The van der Waals surface area contributed by atoms with Gasteiger partial charge in [0.05, 0.1) is 6.61 Å². The minimum atomic E-state index is 0.0407. The molecule has 2 saturated heterocycles. The fourth-order valence-corrected chi connectivity index (χ4v) is 7.79. The first kappa shape index (κ1) is 35.6. The molecule has 4 atom stereocenters. The van der Waals surface area contributed by atoms with Gasteiger partial charge in [-0.3, -0.25) is 4.84 Å². The van der Waals surface area contributed by atoms with Crippen molar-refractivity contribution >= 4 is 0 Å². The van der Waals surface area contributed by atoms with Crippen LogP contribution >= 0.6 is 0 Å². The molecule has 0 bridgehead atoms. The zero-order valence-electron chi connectivity index (χ0n) is 29.4. The van der Waals surface area contributed by atoms with Crippen LogP contribution in [0.2, 0.25) is 0 Å². The maximum atomic E-state index is 6.61. The molecule has 2 aliphatic rings. The highest BCUT2D eigenvalue weighted by Crippen LogP contribution is 2.44. The molecule has 1 aromatic rings. The Labute approximate surface area is 262 Å². The van der Waals surface area contributed by atoms with Gasteiger partial charge in [-0.2, -0.15) is 5.06 Å². The second kappa shape index (κ2) is 17.6. The normalized spacial score (nSPS) is 26.9. The number of unbranched alkanes of at least 4 members (excludes halogenated alkanes) is 9. The number of nitrogens with zero attached hydrogens (tertiary/aromatic N) is 1. The van der Waals surface area contributed by atoms with E-state index in [0.717, 1.165) is 13.0 Å². The molecule has 242 valence electrons. The molecule has 1 N–H and O–H groups in total. The summed E-state index contributed by atoms with van der Waals surface area (Å²) in [6.45, 7) is 22.3. The van der Waals surface area contributed by atoms with Gasteiger partial charge in [-0.1, -0.05) is 131 Å². The van der Waals surface area contributed by atoms with Gasteiger partial charge in [0.1, 0.15) is 0 Å². The maximum Gasteiger partial charge on any atom is 0.0685 e. The first-order valence-electron chi connectivity index (χ1n) is 18.3. The molecule has 3 heteroatoms. The SMILES string of the molecule is CCCCCCCCCCCCON1C(C(C)C)CC(c2ccc(C3CC(C(C)C)NC(C(C)C)C3)cc2)CC1(C)C. The molecule has 4 unspecified atom stereocenters. The van der Waals surface area contributed by atoms with Crippen molar-refractivity contribution < 1.29 is 4.84 Å². The van der Waals surface area contributed by atoms with Gasteiger partial charge in [-0.15, -0.1) is 0 Å². The van der Waals surface area contributed by atoms with Crippen molar-refractivity contribution in [3.63, 3.8) is 0 Å². The van der Waals surface area contributed by atoms with Crippen LogP contribution in [0.1, 0.15) is 175 Å². The molecule has 0 aromatic heterocycles. The van der Waals surface area contributed by atoms with Crippen LogP contribution in [-0.2, 0) is 4.84 Å². The van der Waals surface area contributed by atoms with E-state index in [1.54, 1.807) is 5.56 Å². The molecule has 0 saturated carbocycles. The smallest absolute Gasteiger partial charge is 0.0685 e. The van der Waals surface area contributed by atoms with Gasteiger partial charge in [-0.25, -0.2) is 0 Å². The van der Waals surface area contributed by atoms with E-state index < -0.39 is 0 Å². The Kier molecular flexibility index (Phi) is 14.9. The second-order valence-electron chi connectivity index (χ2n) is 15.8. The van der Waals surface area contributed by atoms with Crippen molar-refractivity contribution in [2.24, 2.45) is 17.8 Å². The summed E-state index contributed by atoms with van der Waals surface area (Å²) >= 11 is 0. The predicted octanol–water partition coefficient (Wildman–Crippen LogP) is 11.0. The second-order valence-corrected chi connectivity index (χ2v) is 15.8. The van der Waals surface area contributed by atoms with Gasteiger partial charge >= 0.3 is 0 Å². The van der Waals surface area contributed by atoms with Crippen molar-refractivity contribution in [3.8, 4) is 0 Å². The van der Waals surface area contributed by atoms with Gasteiger partial charge in [0.15, 0.2) is 0 Å². The average Bonchev–Trinajstić information content (AvgIpc) is 2.95. The van der Waals surface area contributed by atoms with Gasteiger partial charge in [0.2, 0.25) is 0 Å².